The van der Waals surface area contributed by atoms with E-state index in [4.69, 9.17) is 4.74 Å². The van der Waals surface area contributed by atoms with Gasteiger partial charge >= 0.3 is 0 Å². The first-order valence-electron chi connectivity index (χ1n) is 9.51. The van der Waals surface area contributed by atoms with E-state index >= 15 is 0 Å². The Bertz CT molecular complexity index is 955. The number of nitrogens with one attached hydrogen (secondary N) is 1. The second-order valence-electron chi connectivity index (χ2n) is 6.84. The Hall–Kier alpha value is -2.97. The van der Waals surface area contributed by atoms with Crippen molar-refractivity contribution in [3.8, 4) is 16.3 Å². The molecule has 0 spiro atoms. The molecule has 1 aliphatic rings. The molecule has 0 bridgehead atoms. The van der Waals surface area contributed by atoms with Crippen molar-refractivity contribution in [1.29, 1.82) is 0 Å². The van der Waals surface area contributed by atoms with Gasteiger partial charge in [0.2, 0.25) is 5.95 Å². The second-order valence-corrected chi connectivity index (χ2v) is 7.78. The average molecular weight is 410 g/mol. The van der Waals surface area contributed by atoms with E-state index in [9.17, 15) is 4.79 Å². The van der Waals surface area contributed by atoms with E-state index in [0.29, 0.717) is 11.7 Å². The number of para-hydroxylation sites is 2. The predicted octanol–water partition coefficient (Wildman–Crippen LogP) is 3.10. The summed E-state index contributed by atoms with van der Waals surface area (Å²) < 4.78 is 5.83. The lowest BCUT2D eigenvalue weighted by Gasteiger charge is -2.32. The summed E-state index contributed by atoms with van der Waals surface area (Å²) in [5.41, 5.74) is 1.59. The van der Waals surface area contributed by atoms with Crippen molar-refractivity contribution < 1.29 is 9.53 Å². The summed E-state index contributed by atoms with van der Waals surface area (Å²) in [6.45, 7) is 3.27. The van der Waals surface area contributed by atoms with E-state index in [1.54, 1.807) is 17.5 Å². The van der Waals surface area contributed by atoms with Crippen LogP contribution >= 0.6 is 11.3 Å². The van der Waals surface area contributed by atoms with Gasteiger partial charge in [0.25, 0.3) is 5.91 Å². The molecule has 1 saturated heterocycles. The van der Waals surface area contributed by atoms with Gasteiger partial charge in [0, 0.05) is 32.4 Å². The average Bonchev–Trinajstić information content (AvgIpc) is 3.29. The normalized spacial score (nSPS) is 14.6. The summed E-state index contributed by atoms with van der Waals surface area (Å²) in [5, 5.41) is 5.23. The van der Waals surface area contributed by atoms with E-state index in [1.165, 1.54) is 0 Å². The molecule has 29 heavy (non-hydrogen) atoms. The van der Waals surface area contributed by atoms with Crippen LogP contribution in [0.3, 0.4) is 0 Å². The topological polar surface area (TPSA) is 70.6 Å². The van der Waals surface area contributed by atoms with Crippen molar-refractivity contribution in [3.05, 3.63) is 54.0 Å². The summed E-state index contributed by atoms with van der Waals surface area (Å²) in [7, 11) is 2.07. The van der Waals surface area contributed by atoms with Crippen LogP contribution in [0.1, 0.15) is 0 Å². The van der Waals surface area contributed by atoms with Crippen LogP contribution in [0.5, 0.6) is 5.75 Å². The Labute approximate surface area is 174 Å². The lowest BCUT2D eigenvalue weighted by Crippen LogP contribution is -2.48. The molecule has 150 valence electrons. The predicted molar refractivity (Wildman–Crippen MR) is 115 cm³/mol. The molecule has 3 aromatic rings. The molecule has 1 N–H and O–H groups in total. The SMILES string of the molecule is CN1CCN(C(=O)COc2ccccc2Nc2nccc(-c3cccs3)n2)CC1. The van der Waals surface area contributed by atoms with Gasteiger partial charge in [-0.25, -0.2) is 9.97 Å². The van der Waals surface area contributed by atoms with E-state index in [2.05, 4.69) is 27.2 Å². The molecular weight excluding hydrogens is 386 g/mol. The van der Waals surface area contributed by atoms with Crippen molar-refractivity contribution in [2.45, 2.75) is 0 Å². The van der Waals surface area contributed by atoms with Gasteiger partial charge < -0.3 is 19.9 Å². The quantitative estimate of drug-likeness (QED) is 0.675. The third-order valence-corrected chi connectivity index (χ3v) is 5.66. The number of hydrogen-bond acceptors (Lipinski definition) is 7. The second kappa shape index (κ2) is 9.02. The number of thiophene rings is 1. The van der Waals surface area contributed by atoms with Crippen molar-refractivity contribution in [2.24, 2.45) is 0 Å². The Balaban J connectivity index is 1.42. The van der Waals surface area contributed by atoms with Crippen LogP contribution in [0.15, 0.2) is 54.0 Å². The van der Waals surface area contributed by atoms with Gasteiger partial charge in [0.1, 0.15) is 5.75 Å². The van der Waals surface area contributed by atoms with Crippen LogP contribution in [0.2, 0.25) is 0 Å². The first-order valence-corrected chi connectivity index (χ1v) is 10.4. The van der Waals surface area contributed by atoms with Crippen LogP contribution in [0.4, 0.5) is 11.6 Å². The molecular formula is C21H23N5O2S. The molecule has 8 heteroatoms. The Kier molecular flexibility index (Phi) is 6.02. The van der Waals surface area contributed by atoms with Gasteiger partial charge in [0.05, 0.1) is 16.3 Å². The molecule has 4 rings (SSSR count). The minimum atomic E-state index is 0.00356. The number of benzene rings is 1. The highest BCUT2D eigenvalue weighted by atomic mass is 32.1. The number of amides is 1. The van der Waals surface area contributed by atoms with Crippen molar-refractivity contribution in [1.82, 2.24) is 19.8 Å². The number of carbonyl (C=O) groups is 1. The number of likely N-dealkylation sites (N-methyl/N-ethyl adjacent to an activating group) is 1. The van der Waals surface area contributed by atoms with Gasteiger partial charge in [-0.15, -0.1) is 11.3 Å². The summed E-state index contributed by atoms with van der Waals surface area (Å²) >= 11 is 1.63. The first-order chi connectivity index (χ1) is 14.2. The standard InChI is InChI=1S/C21H23N5O2S/c1-25-10-12-26(13-11-25)20(27)15-28-18-6-3-2-5-16(18)23-21-22-9-8-17(24-21)19-7-4-14-29-19/h2-9,14H,10-13,15H2,1H3,(H,22,23,24). The van der Waals surface area contributed by atoms with Crippen LogP contribution in [-0.4, -0.2) is 65.5 Å². The number of rotatable bonds is 6. The van der Waals surface area contributed by atoms with E-state index in [-0.39, 0.29) is 12.5 Å². The smallest absolute Gasteiger partial charge is 0.260 e. The molecule has 0 unspecified atom stereocenters. The monoisotopic (exact) mass is 409 g/mol. The maximum Gasteiger partial charge on any atom is 0.260 e. The van der Waals surface area contributed by atoms with E-state index in [1.807, 2.05) is 52.7 Å². The van der Waals surface area contributed by atoms with Crippen molar-refractivity contribution in [2.75, 3.05) is 45.2 Å². The van der Waals surface area contributed by atoms with Crippen molar-refractivity contribution in [3.63, 3.8) is 0 Å². The number of ether oxygens (including phenoxy) is 1. The lowest BCUT2D eigenvalue weighted by atomic mass is 10.3. The molecule has 0 radical (unpaired) electrons. The Morgan fingerprint density at radius 2 is 1.97 bits per heavy atom. The van der Waals surface area contributed by atoms with E-state index in [0.717, 1.165) is 42.4 Å². The molecule has 3 heterocycles. The Morgan fingerprint density at radius 1 is 1.14 bits per heavy atom. The number of piperazine rings is 1. The third-order valence-electron chi connectivity index (χ3n) is 4.77. The number of hydrogen-bond donors (Lipinski definition) is 1. The molecule has 1 fully saturated rings. The molecule has 1 amide bonds. The van der Waals surface area contributed by atoms with E-state index < -0.39 is 0 Å². The van der Waals surface area contributed by atoms with Gasteiger partial charge in [-0.2, -0.15) is 0 Å². The summed E-state index contributed by atoms with van der Waals surface area (Å²) in [6, 6.07) is 13.4. The molecule has 1 aliphatic heterocycles. The minimum absolute atomic E-state index is 0.00356. The zero-order chi connectivity index (χ0) is 20.1. The molecule has 1 aromatic carbocycles. The molecule has 7 nitrogen and oxygen atoms in total. The molecule has 0 atom stereocenters. The summed E-state index contributed by atoms with van der Waals surface area (Å²) in [5.74, 6) is 1.08. The third kappa shape index (κ3) is 4.90. The van der Waals surface area contributed by atoms with Gasteiger partial charge in [-0.3, -0.25) is 4.79 Å². The summed E-state index contributed by atoms with van der Waals surface area (Å²) in [4.78, 5) is 26.5. The van der Waals surface area contributed by atoms with Gasteiger partial charge in [-0.1, -0.05) is 18.2 Å². The highest BCUT2D eigenvalue weighted by molar-refractivity contribution is 7.13. The van der Waals surface area contributed by atoms with Crippen molar-refractivity contribution >= 4 is 28.9 Å². The lowest BCUT2D eigenvalue weighted by molar-refractivity contribution is -0.134. The maximum absolute atomic E-state index is 12.5. The minimum Gasteiger partial charge on any atom is -0.482 e. The zero-order valence-corrected chi connectivity index (χ0v) is 17.1. The fourth-order valence-electron chi connectivity index (χ4n) is 3.08. The number of aromatic nitrogens is 2. The van der Waals surface area contributed by atoms with Gasteiger partial charge in [-0.05, 0) is 36.7 Å². The highest BCUT2D eigenvalue weighted by Gasteiger charge is 2.19. The zero-order valence-electron chi connectivity index (χ0n) is 16.2. The molecule has 0 saturated carbocycles. The number of carbonyl (C=O) groups excluding carboxylic acids is 1. The molecule has 0 aliphatic carbocycles. The van der Waals surface area contributed by atoms with Crippen LogP contribution in [0.25, 0.3) is 10.6 Å². The first kappa shape index (κ1) is 19.4. The molecule has 2 aromatic heterocycles. The Morgan fingerprint density at radius 3 is 2.76 bits per heavy atom. The fraction of sp³-hybridized carbons (Fsp3) is 0.286. The fourth-order valence-corrected chi connectivity index (χ4v) is 3.78. The van der Waals surface area contributed by atoms with Crippen LogP contribution < -0.4 is 10.1 Å². The largest absolute Gasteiger partial charge is 0.482 e. The number of nitrogens with zero attached hydrogens (tertiary/aromatic N) is 4. The van der Waals surface area contributed by atoms with Gasteiger partial charge in [0.15, 0.2) is 6.61 Å². The van der Waals surface area contributed by atoms with Crippen LogP contribution in [-0.2, 0) is 4.79 Å². The summed E-state index contributed by atoms with van der Waals surface area (Å²) in [6.07, 6.45) is 1.73. The highest BCUT2D eigenvalue weighted by Crippen LogP contribution is 2.28. The number of anilines is 2. The maximum atomic E-state index is 12.5. The van der Waals surface area contributed by atoms with Crippen LogP contribution in [0, 0.1) is 0 Å².